The molecule has 3 nitrogen and oxygen atoms in total. The van der Waals surface area contributed by atoms with Crippen molar-refractivity contribution >= 4 is 34.3 Å². The predicted octanol–water partition coefficient (Wildman–Crippen LogP) is 4.34. The fraction of sp³-hybridized carbons (Fsp3) is 0. The van der Waals surface area contributed by atoms with Crippen LogP contribution in [0.2, 0.25) is 0 Å². The van der Waals surface area contributed by atoms with Crippen molar-refractivity contribution in [3.05, 3.63) is 66.6 Å². The zero-order valence-corrected chi connectivity index (χ0v) is 12.5. The van der Waals surface area contributed by atoms with E-state index in [-0.39, 0.29) is 0 Å². The van der Waals surface area contributed by atoms with Gasteiger partial charge in [-0.15, -0.1) is 12.6 Å². The molecule has 0 fully saturated rings. The molecule has 0 aliphatic carbocycles. The highest BCUT2D eigenvalue weighted by Crippen LogP contribution is 2.31. The Labute approximate surface area is 132 Å². The fourth-order valence-electron chi connectivity index (χ4n) is 2.85. The maximum Gasteiger partial charge on any atom is 0.0998 e. The van der Waals surface area contributed by atoms with E-state index in [0.717, 1.165) is 32.3 Å². The average molecular weight is 301 g/mol. The maximum absolute atomic E-state index is 9.29. The van der Waals surface area contributed by atoms with Gasteiger partial charge in [-0.25, -0.2) is 0 Å². The fourth-order valence-corrected chi connectivity index (χ4v) is 3.15. The number of benzene rings is 2. The van der Waals surface area contributed by atoms with Gasteiger partial charge in [0, 0.05) is 33.4 Å². The lowest BCUT2D eigenvalue weighted by Gasteiger charge is -2.10. The summed E-state index contributed by atoms with van der Waals surface area (Å²) in [5.41, 5.74) is 2.70. The average Bonchev–Trinajstić information content (AvgIpc) is 2.91. The third-order valence-corrected chi connectivity index (χ3v) is 4.22. The summed E-state index contributed by atoms with van der Waals surface area (Å²) < 4.78 is 2.08. The monoisotopic (exact) mass is 301 g/mol. The minimum Gasteiger partial charge on any atom is -0.313 e. The SMILES string of the molecule is N#Cc1ccc(-n2cc(S)c3ccncc32)c2ccccc12. The predicted molar refractivity (Wildman–Crippen MR) is 90.5 cm³/mol. The van der Waals surface area contributed by atoms with Gasteiger partial charge in [0.05, 0.1) is 29.0 Å². The van der Waals surface area contributed by atoms with Gasteiger partial charge in [0.1, 0.15) is 0 Å². The smallest absolute Gasteiger partial charge is 0.0998 e. The molecule has 0 spiro atoms. The molecule has 0 amide bonds. The number of nitrogens with zero attached hydrogens (tertiary/aromatic N) is 3. The van der Waals surface area contributed by atoms with E-state index in [2.05, 4.69) is 28.2 Å². The summed E-state index contributed by atoms with van der Waals surface area (Å²) in [5, 5.41) is 12.3. The Bertz CT molecular complexity index is 1060. The summed E-state index contributed by atoms with van der Waals surface area (Å²) >= 11 is 4.55. The lowest BCUT2D eigenvalue weighted by Crippen LogP contribution is -1.95. The lowest BCUT2D eigenvalue weighted by atomic mass is 10.0. The molecule has 0 atom stereocenters. The van der Waals surface area contributed by atoms with Gasteiger partial charge >= 0.3 is 0 Å². The molecule has 0 aliphatic rings. The largest absolute Gasteiger partial charge is 0.313 e. The first-order valence-corrected chi connectivity index (χ1v) is 7.30. The third-order valence-electron chi connectivity index (χ3n) is 3.87. The van der Waals surface area contributed by atoms with Crippen LogP contribution in [0.25, 0.3) is 27.4 Å². The number of hydrogen-bond donors (Lipinski definition) is 1. The zero-order chi connectivity index (χ0) is 15.1. The van der Waals surface area contributed by atoms with Gasteiger partial charge in [0.25, 0.3) is 0 Å². The molecule has 0 unspecified atom stereocenters. The summed E-state index contributed by atoms with van der Waals surface area (Å²) in [6.07, 6.45) is 5.59. The molecule has 4 aromatic rings. The molecule has 0 aliphatic heterocycles. The van der Waals surface area contributed by atoms with Crippen LogP contribution in [0.15, 0.2) is 66.0 Å². The lowest BCUT2D eigenvalue weighted by molar-refractivity contribution is 1.12. The summed E-state index contributed by atoms with van der Waals surface area (Å²) in [5.74, 6) is 0. The summed E-state index contributed by atoms with van der Waals surface area (Å²) in [7, 11) is 0. The Kier molecular flexibility index (Phi) is 2.88. The van der Waals surface area contributed by atoms with Crippen LogP contribution in [0.5, 0.6) is 0 Å². The van der Waals surface area contributed by atoms with Gasteiger partial charge in [0.2, 0.25) is 0 Å². The van der Waals surface area contributed by atoms with E-state index >= 15 is 0 Å². The zero-order valence-electron chi connectivity index (χ0n) is 11.6. The van der Waals surface area contributed by atoms with Gasteiger partial charge in [0.15, 0.2) is 0 Å². The van der Waals surface area contributed by atoms with Crippen LogP contribution in [-0.4, -0.2) is 9.55 Å². The molecule has 4 rings (SSSR count). The Morgan fingerprint density at radius 2 is 1.82 bits per heavy atom. The van der Waals surface area contributed by atoms with Gasteiger partial charge in [-0.1, -0.05) is 24.3 Å². The van der Waals surface area contributed by atoms with Crippen molar-refractivity contribution in [2.45, 2.75) is 4.90 Å². The maximum atomic E-state index is 9.29. The van der Waals surface area contributed by atoms with Crippen LogP contribution in [0.1, 0.15) is 5.56 Å². The topological polar surface area (TPSA) is 41.6 Å². The first kappa shape index (κ1) is 12.9. The van der Waals surface area contributed by atoms with Gasteiger partial charge < -0.3 is 4.57 Å². The number of rotatable bonds is 1. The third kappa shape index (κ3) is 1.80. The second-order valence-corrected chi connectivity index (χ2v) is 5.55. The number of hydrogen-bond acceptors (Lipinski definition) is 3. The Morgan fingerprint density at radius 1 is 1.00 bits per heavy atom. The molecule has 4 heteroatoms. The van der Waals surface area contributed by atoms with E-state index in [0.29, 0.717) is 5.56 Å². The molecule has 0 saturated carbocycles. The first-order valence-electron chi connectivity index (χ1n) is 6.86. The Balaban J connectivity index is 2.12. The molecule has 2 aromatic heterocycles. The van der Waals surface area contributed by atoms with E-state index in [9.17, 15) is 5.26 Å². The van der Waals surface area contributed by atoms with Crippen LogP contribution in [0.3, 0.4) is 0 Å². The number of aromatic nitrogens is 2. The molecular formula is C18H11N3S. The van der Waals surface area contributed by atoms with E-state index in [4.69, 9.17) is 0 Å². The van der Waals surface area contributed by atoms with Crippen molar-refractivity contribution in [1.82, 2.24) is 9.55 Å². The summed E-state index contributed by atoms with van der Waals surface area (Å²) in [4.78, 5) is 5.13. The number of pyridine rings is 1. The molecule has 22 heavy (non-hydrogen) atoms. The molecular weight excluding hydrogens is 290 g/mol. The van der Waals surface area contributed by atoms with Crippen molar-refractivity contribution in [2.24, 2.45) is 0 Å². The minimum atomic E-state index is 0.681. The summed E-state index contributed by atoms with van der Waals surface area (Å²) in [6, 6.07) is 16.0. The van der Waals surface area contributed by atoms with E-state index in [1.807, 2.05) is 54.9 Å². The highest BCUT2D eigenvalue weighted by Gasteiger charge is 2.11. The van der Waals surface area contributed by atoms with Crippen LogP contribution >= 0.6 is 12.6 Å². The highest BCUT2D eigenvalue weighted by molar-refractivity contribution is 7.80. The van der Waals surface area contributed by atoms with Crippen molar-refractivity contribution in [1.29, 1.82) is 5.26 Å². The van der Waals surface area contributed by atoms with Gasteiger partial charge in [-0.3, -0.25) is 4.98 Å². The van der Waals surface area contributed by atoms with E-state index < -0.39 is 0 Å². The van der Waals surface area contributed by atoms with Gasteiger partial charge in [-0.05, 0) is 18.2 Å². The van der Waals surface area contributed by atoms with Crippen LogP contribution < -0.4 is 0 Å². The molecule has 0 radical (unpaired) electrons. The van der Waals surface area contributed by atoms with Crippen molar-refractivity contribution < 1.29 is 0 Å². The number of nitriles is 1. The van der Waals surface area contributed by atoms with Gasteiger partial charge in [-0.2, -0.15) is 5.26 Å². The van der Waals surface area contributed by atoms with Crippen LogP contribution in [0.4, 0.5) is 0 Å². The van der Waals surface area contributed by atoms with E-state index in [1.165, 1.54) is 0 Å². The Hall–Kier alpha value is -2.77. The number of fused-ring (bicyclic) bond motifs is 2. The van der Waals surface area contributed by atoms with Crippen LogP contribution in [0, 0.1) is 11.3 Å². The van der Waals surface area contributed by atoms with E-state index in [1.54, 1.807) is 6.20 Å². The highest BCUT2D eigenvalue weighted by atomic mass is 32.1. The minimum absolute atomic E-state index is 0.681. The molecule has 2 aromatic carbocycles. The number of thiol groups is 1. The second-order valence-electron chi connectivity index (χ2n) is 5.07. The molecule has 104 valence electrons. The molecule has 0 saturated heterocycles. The molecule has 2 heterocycles. The first-order chi connectivity index (χ1) is 10.8. The standard InChI is InChI=1S/C18H11N3S/c19-9-12-5-6-16(14-4-2-1-3-13(12)14)21-11-18(22)15-7-8-20-10-17(15)21/h1-8,10-11,22H. The quantitative estimate of drug-likeness (QED) is 0.531. The second kappa shape index (κ2) is 4.90. The van der Waals surface area contributed by atoms with Crippen molar-refractivity contribution in [2.75, 3.05) is 0 Å². The normalized spacial score (nSPS) is 10.9. The summed E-state index contributed by atoms with van der Waals surface area (Å²) in [6.45, 7) is 0. The van der Waals surface area contributed by atoms with Crippen molar-refractivity contribution in [3.63, 3.8) is 0 Å². The molecule has 0 bridgehead atoms. The van der Waals surface area contributed by atoms with Crippen LogP contribution in [-0.2, 0) is 0 Å². The Morgan fingerprint density at radius 3 is 2.64 bits per heavy atom. The van der Waals surface area contributed by atoms with Crippen molar-refractivity contribution in [3.8, 4) is 11.8 Å². The molecule has 0 N–H and O–H groups in total.